The van der Waals surface area contributed by atoms with Crippen molar-refractivity contribution in [3.05, 3.63) is 21.3 Å². The maximum Gasteiger partial charge on any atom is 0.132 e. The van der Waals surface area contributed by atoms with Gasteiger partial charge in [-0.15, -0.1) is 0 Å². The topological polar surface area (TPSA) is 29.5 Å². The Morgan fingerprint density at radius 3 is 2.86 bits per heavy atom. The number of benzene rings is 1. The lowest BCUT2D eigenvalue weighted by molar-refractivity contribution is 0.0843. The molecule has 2 rings (SSSR count). The van der Waals surface area contributed by atoms with Gasteiger partial charge in [-0.1, -0.05) is 0 Å². The highest BCUT2D eigenvalue weighted by molar-refractivity contribution is 14.1. The van der Waals surface area contributed by atoms with E-state index in [1.165, 1.54) is 5.56 Å². The van der Waals surface area contributed by atoms with Gasteiger partial charge in [0.2, 0.25) is 0 Å². The van der Waals surface area contributed by atoms with E-state index in [-0.39, 0.29) is 5.60 Å². The predicted molar refractivity (Wildman–Crippen MR) is 63.9 cm³/mol. The van der Waals surface area contributed by atoms with Crippen LogP contribution in [0.25, 0.3) is 0 Å². The quantitative estimate of drug-likeness (QED) is 0.746. The van der Waals surface area contributed by atoms with E-state index in [9.17, 15) is 5.11 Å². The molecule has 0 saturated carbocycles. The van der Waals surface area contributed by atoms with Gasteiger partial charge in [-0.25, -0.2) is 0 Å². The molecule has 2 nitrogen and oxygen atoms in total. The summed E-state index contributed by atoms with van der Waals surface area (Å²) in [6.07, 6.45) is 2.06. The predicted octanol–water partition coefficient (Wildman–Crippen LogP) is 3.10. The number of aromatic hydroxyl groups is 1. The Labute approximate surface area is 97.4 Å². The van der Waals surface area contributed by atoms with E-state index in [1.807, 2.05) is 6.07 Å². The van der Waals surface area contributed by atoms with Gasteiger partial charge in [0.05, 0.1) is 3.57 Å². The first kappa shape index (κ1) is 10.1. The second-order valence-corrected chi connectivity index (χ2v) is 5.44. The average Bonchev–Trinajstić information content (AvgIpc) is 2.07. The first-order valence-corrected chi connectivity index (χ1v) is 5.76. The molecule has 0 saturated heterocycles. The van der Waals surface area contributed by atoms with Crippen molar-refractivity contribution < 1.29 is 9.84 Å². The SMILES string of the molecule is CC1(C)CCc2cc(I)c(O)cc2O1. The van der Waals surface area contributed by atoms with Crippen molar-refractivity contribution in [2.24, 2.45) is 0 Å². The summed E-state index contributed by atoms with van der Waals surface area (Å²) >= 11 is 2.13. The Hall–Kier alpha value is -0.450. The van der Waals surface area contributed by atoms with Crippen molar-refractivity contribution in [3.8, 4) is 11.5 Å². The number of phenolic OH excluding ortho intramolecular Hbond substituents is 1. The third-order valence-electron chi connectivity index (χ3n) is 2.51. The van der Waals surface area contributed by atoms with Gasteiger partial charge in [-0.3, -0.25) is 0 Å². The number of fused-ring (bicyclic) bond motifs is 1. The van der Waals surface area contributed by atoms with E-state index in [0.29, 0.717) is 5.75 Å². The fourth-order valence-corrected chi connectivity index (χ4v) is 2.19. The summed E-state index contributed by atoms with van der Waals surface area (Å²) < 4.78 is 6.68. The molecule has 76 valence electrons. The molecule has 3 heteroatoms. The summed E-state index contributed by atoms with van der Waals surface area (Å²) in [5.74, 6) is 1.14. The molecule has 0 fully saturated rings. The van der Waals surface area contributed by atoms with Gasteiger partial charge < -0.3 is 9.84 Å². The average molecular weight is 304 g/mol. The zero-order valence-electron chi connectivity index (χ0n) is 8.30. The summed E-state index contributed by atoms with van der Waals surface area (Å²) in [6.45, 7) is 4.15. The fraction of sp³-hybridized carbons (Fsp3) is 0.455. The third-order valence-corrected chi connectivity index (χ3v) is 3.38. The van der Waals surface area contributed by atoms with Crippen molar-refractivity contribution in [2.45, 2.75) is 32.3 Å². The van der Waals surface area contributed by atoms with Crippen LogP contribution in [0.2, 0.25) is 0 Å². The number of ether oxygens (including phenoxy) is 1. The van der Waals surface area contributed by atoms with E-state index in [1.54, 1.807) is 6.07 Å². The van der Waals surface area contributed by atoms with E-state index in [2.05, 4.69) is 36.4 Å². The van der Waals surface area contributed by atoms with Crippen LogP contribution in [-0.4, -0.2) is 10.7 Å². The van der Waals surface area contributed by atoms with Crippen LogP contribution >= 0.6 is 22.6 Å². The number of hydrogen-bond acceptors (Lipinski definition) is 2. The Kier molecular flexibility index (Phi) is 2.37. The minimum atomic E-state index is -0.105. The largest absolute Gasteiger partial charge is 0.507 e. The van der Waals surface area contributed by atoms with E-state index in [0.717, 1.165) is 22.2 Å². The van der Waals surface area contributed by atoms with Crippen LogP contribution in [0.15, 0.2) is 12.1 Å². The van der Waals surface area contributed by atoms with Crippen LogP contribution in [0.4, 0.5) is 0 Å². The van der Waals surface area contributed by atoms with E-state index in [4.69, 9.17) is 4.74 Å². The molecule has 0 atom stereocenters. The van der Waals surface area contributed by atoms with Crippen LogP contribution in [-0.2, 0) is 6.42 Å². The Balaban J connectivity index is 2.43. The van der Waals surface area contributed by atoms with Crippen molar-refractivity contribution in [1.29, 1.82) is 0 Å². The maximum absolute atomic E-state index is 9.56. The van der Waals surface area contributed by atoms with Gasteiger partial charge in [-0.2, -0.15) is 0 Å². The van der Waals surface area contributed by atoms with Crippen LogP contribution in [0.3, 0.4) is 0 Å². The van der Waals surface area contributed by atoms with Crippen molar-refractivity contribution in [3.63, 3.8) is 0 Å². The lowest BCUT2D eigenvalue weighted by Crippen LogP contribution is -2.32. The highest BCUT2D eigenvalue weighted by Gasteiger charge is 2.27. The molecule has 0 aliphatic carbocycles. The molecule has 1 aliphatic rings. The molecular weight excluding hydrogens is 291 g/mol. The summed E-state index contributed by atoms with van der Waals surface area (Å²) in [4.78, 5) is 0. The molecule has 14 heavy (non-hydrogen) atoms. The zero-order chi connectivity index (χ0) is 10.3. The Morgan fingerprint density at radius 2 is 2.14 bits per heavy atom. The minimum absolute atomic E-state index is 0.105. The Bertz CT molecular complexity index is 372. The monoisotopic (exact) mass is 304 g/mol. The van der Waals surface area contributed by atoms with Gasteiger partial charge in [0.15, 0.2) is 0 Å². The molecule has 0 amide bonds. The number of aryl methyl sites for hydroxylation is 1. The normalized spacial score (nSPS) is 18.5. The standard InChI is InChI=1S/C11H13IO2/c1-11(2)4-3-7-5-8(12)9(13)6-10(7)14-11/h5-6,13H,3-4H2,1-2H3. The smallest absolute Gasteiger partial charge is 0.132 e. The van der Waals surface area contributed by atoms with Crippen LogP contribution in [0, 0.1) is 3.57 Å². The molecule has 1 aromatic carbocycles. The zero-order valence-corrected chi connectivity index (χ0v) is 10.5. The van der Waals surface area contributed by atoms with E-state index >= 15 is 0 Å². The van der Waals surface area contributed by atoms with Crippen LogP contribution < -0.4 is 4.74 Å². The molecule has 0 unspecified atom stereocenters. The first-order valence-electron chi connectivity index (χ1n) is 4.68. The summed E-state index contributed by atoms with van der Waals surface area (Å²) in [5.41, 5.74) is 1.10. The highest BCUT2D eigenvalue weighted by atomic mass is 127. The second-order valence-electron chi connectivity index (χ2n) is 4.27. The van der Waals surface area contributed by atoms with Gasteiger partial charge >= 0.3 is 0 Å². The summed E-state index contributed by atoms with van der Waals surface area (Å²) in [5, 5.41) is 9.56. The molecule has 1 heterocycles. The molecule has 1 aromatic rings. The van der Waals surface area contributed by atoms with E-state index < -0.39 is 0 Å². The first-order chi connectivity index (χ1) is 6.48. The van der Waals surface area contributed by atoms with Crippen molar-refractivity contribution in [1.82, 2.24) is 0 Å². The molecular formula is C11H13IO2. The molecule has 0 spiro atoms. The molecule has 0 aromatic heterocycles. The van der Waals surface area contributed by atoms with Gasteiger partial charge in [0, 0.05) is 6.07 Å². The molecule has 1 N–H and O–H groups in total. The molecule has 0 radical (unpaired) electrons. The number of phenols is 1. The second kappa shape index (κ2) is 3.29. The molecule has 1 aliphatic heterocycles. The van der Waals surface area contributed by atoms with Crippen LogP contribution in [0.1, 0.15) is 25.8 Å². The number of hydrogen-bond donors (Lipinski definition) is 1. The van der Waals surface area contributed by atoms with Gasteiger partial charge in [0.25, 0.3) is 0 Å². The van der Waals surface area contributed by atoms with Crippen molar-refractivity contribution in [2.75, 3.05) is 0 Å². The lowest BCUT2D eigenvalue weighted by atomic mass is 9.94. The van der Waals surface area contributed by atoms with Crippen molar-refractivity contribution >= 4 is 22.6 Å². The Morgan fingerprint density at radius 1 is 1.43 bits per heavy atom. The highest BCUT2D eigenvalue weighted by Crippen LogP contribution is 2.37. The van der Waals surface area contributed by atoms with Gasteiger partial charge in [-0.05, 0) is 60.9 Å². The third kappa shape index (κ3) is 1.82. The van der Waals surface area contributed by atoms with Gasteiger partial charge in [0.1, 0.15) is 17.1 Å². The summed E-state index contributed by atoms with van der Waals surface area (Å²) in [6, 6.07) is 3.72. The number of rotatable bonds is 0. The number of halogens is 1. The van der Waals surface area contributed by atoms with Crippen LogP contribution in [0.5, 0.6) is 11.5 Å². The summed E-state index contributed by atoms with van der Waals surface area (Å²) in [7, 11) is 0. The molecule has 0 bridgehead atoms. The maximum atomic E-state index is 9.56. The minimum Gasteiger partial charge on any atom is -0.507 e. The lowest BCUT2D eigenvalue weighted by Gasteiger charge is -2.32. The fourth-order valence-electron chi connectivity index (χ4n) is 1.66.